The number of hydrogen-bond donors (Lipinski definition) is 1. The number of ether oxygens (including phenoxy) is 1. The summed E-state index contributed by atoms with van der Waals surface area (Å²) in [5.41, 5.74) is 6.17. The van der Waals surface area contributed by atoms with Crippen LogP contribution in [0.1, 0.15) is 24.7 Å². The van der Waals surface area contributed by atoms with Gasteiger partial charge in [0, 0.05) is 12.1 Å². The molecule has 0 bridgehead atoms. The maximum atomic E-state index is 11.1. The molecule has 8 nitrogen and oxygen atoms in total. The van der Waals surface area contributed by atoms with E-state index in [0.29, 0.717) is 23.3 Å². The first-order valence-electron chi connectivity index (χ1n) is 6.63. The topological polar surface area (TPSA) is 109 Å². The molecular formula is C13H15N5O3. The lowest BCUT2D eigenvalue weighted by molar-refractivity contribution is -0.385. The highest BCUT2D eigenvalue weighted by Gasteiger charge is 2.31. The second-order valence-corrected chi connectivity index (χ2v) is 4.86. The number of para-hydroxylation sites is 1. The van der Waals surface area contributed by atoms with Crippen LogP contribution in [-0.4, -0.2) is 26.8 Å². The number of benzene rings is 1. The van der Waals surface area contributed by atoms with E-state index < -0.39 is 4.92 Å². The van der Waals surface area contributed by atoms with E-state index in [1.54, 1.807) is 12.1 Å². The van der Waals surface area contributed by atoms with Crippen LogP contribution in [-0.2, 0) is 6.54 Å². The minimum atomic E-state index is -0.468. The largest absolute Gasteiger partial charge is 0.490 e. The van der Waals surface area contributed by atoms with E-state index in [1.165, 1.54) is 13.2 Å². The van der Waals surface area contributed by atoms with E-state index in [0.717, 1.165) is 12.8 Å². The monoisotopic (exact) mass is 289 g/mol. The number of nitrogens with zero attached hydrogens (tertiary/aromatic N) is 4. The summed E-state index contributed by atoms with van der Waals surface area (Å²) in [6.45, 7) is 0.279. The Morgan fingerprint density at radius 3 is 2.81 bits per heavy atom. The molecule has 2 N–H and O–H groups in total. The molecular weight excluding hydrogens is 274 g/mol. The fourth-order valence-electron chi connectivity index (χ4n) is 2.42. The molecule has 1 heterocycles. The highest BCUT2D eigenvalue weighted by molar-refractivity contribution is 5.71. The van der Waals surface area contributed by atoms with Gasteiger partial charge in [0.1, 0.15) is 5.82 Å². The third-order valence-electron chi connectivity index (χ3n) is 3.50. The maximum Gasteiger partial charge on any atom is 0.311 e. The molecule has 0 saturated heterocycles. The predicted octanol–water partition coefficient (Wildman–Crippen LogP) is 1.66. The lowest BCUT2D eigenvalue weighted by atomic mass is 10.1. The predicted molar refractivity (Wildman–Crippen MR) is 74.8 cm³/mol. The number of hydrogen-bond acceptors (Lipinski definition) is 6. The van der Waals surface area contributed by atoms with Gasteiger partial charge in [-0.1, -0.05) is 6.07 Å². The van der Waals surface area contributed by atoms with E-state index >= 15 is 0 Å². The molecule has 0 unspecified atom stereocenters. The highest BCUT2D eigenvalue weighted by Crippen LogP contribution is 2.42. The number of nitrogens with two attached hydrogens (primary N) is 1. The summed E-state index contributed by atoms with van der Waals surface area (Å²) in [5.74, 6) is 1.44. The number of aromatic nitrogens is 3. The van der Waals surface area contributed by atoms with E-state index in [1.807, 2.05) is 4.57 Å². The van der Waals surface area contributed by atoms with Crippen molar-refractivity contribution in [1.82, 2.24) is 14.8 Å². The van der Waals surface area contributed by atoms with E-state index in [-0.39, 0.29) is 18.0 Å². The van der Waals surface area contributed by atoms with Gasteiger partial charge in [0.2, 0.25) is 5.75 Å². The molecule has 8 heteroatoms. The van der Waals surface area contributed by atoms with Crippen molar-refractivity contribution in [3.63, 3.8) is 0 Å². The van der Waals surface area contributed by atoms with Crippen molar-refractivity contribution < 1.29 is 9.66 Å². The van der Waals surface area contributed by atoms with Gasteiger partial charge in [0.05, 0.1) is 24.1 Å². The summed E-state index contributed by atoms with van der Waals surface area (Å²) < 4.78 is 7.20. The normalized spacial score (nSPS) is 14.2. The van der Waals surface area contributed by atoms with Gasteiger partial charge in [0.15, 0.2) is 5.82 Å². The maximum absolute atomic E-state index is 11.1. The van der Waals surface area contributed by atoms with Gasteiger partial charge in [-0.15, -0.1) is 10.2 Å². The fraction of sp³-hybridized carbons (Fsp3) is 0.385. The summed E-state index contributed by atoms with van der Waals surface area (Å²) in [7, 11) is 1.41. The quantitative estimate of drug-likeness (QED) is 0.662. The number of methoxy groups -OCH3 is 1. The van der Waals surface area contributed by atoms with Crippen LogP contribution in [0.5, 0.6) is 5.75 Å². The summed E-state index contributed by atoms with van der Waals surface area (Å²) in [4.78, 5) is 10.7. The molecule has 1 fully saturated rings. The molecule has 1 saturated carbocycles. The van der Waals surface area contributed by atoms with Crippen molar-refractivity contribution in [3.05, 3.63) is 34.1 Å². The van der Waals surface area contributed by atoms with Crippen LogP contribution in [0.15, 0.2) is 18.2 Å². The van der Waals surface area contributed by atoms with Gasteiger partial charge in [0.25, 0.3) is 0 Å². The average Bonchev–Trinajstić information content (AvgIpc) is 3.25. The Kier molecular flexibility index (Phi) is 3.30. The van der Waals surface area contributed by atoms with Crippen molar-refractivity contribution in [2.45, 2.75) is 25.4 Å². The summed E-state index contributed by atoms with van der Waals surface area (Å²) in [6.07, 6.45) is 2.07. The first kappa shape index (κ1) is 13.5. The zero-order valence-electron chi connectivity index (χ0n) is 11.5. The Hall–Kier alpha value is -2.48. The molecule has 0 amide bonds. The molecule has 110 valence electrons. The molecule has 0 aliphatic heterocycles. The Labute approximate surface area is 120 Å². The molecule has 3 rings (SSSR count). The Morgan fingerprint density at radius 1 is 1.48 bits per heavy atom. The van der Waals surface area contributed by atoms with Crippen LogP contribution >= 0.6 is 0 Å². The third-order valence-corrected chi connectivity index (χ3v) is 3.50. The molecule has 1 aliphatic carbocycles. The van der Waals surface area contributed by atoms with Gasteiger partial charge in [-0.25, -0.2) is 0 Å². The second kappa shape index (κ2) is 5.13. The van der Waals surface area contributed by atoms with Gasteiger partial charge >= 0.3 is 5.69 Å². The molecule has 2 aromatic rings. The first-order chi connectivity index (χ1) is 10.2. The van der Waals surface area contributed by atoms with Crippen molar-refractivity contribution in [1.29, 1.82) is 0 Å². The molecule has 1 aromatic carbocycles. The van der Waals surface area contributed by atoms with Gasteiger partial charge in [-0.3, -0.25) is 10.1 Å². The summed E-state index contributed by atoms with van der Waals surface area (Å²) in [5, 5.41) is 19.4. The molecule has 1 aromatic heterocycles. The number of nitro benzene ring substituents is 1. The van der Waals surface area contributed by atoms with Crippen molar-refractivity contribution >= 4 is 5.69 Å². The molecule has 1 aliphatic rings. The van der Waals surface area contributed by atoms with Crippen LogP contribution in [0.2, 0.25) is 0 Å². The summed E-state index contributed by atoms with van der Waals surface area (Å²) in [6, 6.07) is 5.08. The van der Waals surface area contributed by atoms with Gasteiger partial charge < -0.3 is 15.0 Å². The lowest BCUT2D eigenvalue weighted by Gasteiger charge is -2.11. The fourth-order valence-corrected chi connectivity index (χ4v) is 2.42. The minimum Gasteiger partial charge on any atom is -0.490 e. The molecule has 0 atom stereocenters. The van der Waals surface area contributed by atoms with Crippen LogP contribution in [0.3, 0.4) is 0 Å². The molecule has 21 heavy (non-hydrogen) atoms. The smallest absolute Gasteiger partial charge is 0.311 e. The van der Waals surface area contributed by atoms with Crippen molar-refractivity contribution in [2.75, 3.05) is 7.11 Å². The highest BCUT2D eigenvalue weighted by atomic mass is 16.6. The first-order valence-corrected chi connectivity index (χ1v) is 6.63. The average molecular weight is 289 g/mol. The van der Waals surface area contributed by atoms with Crippen molar-refractivity contribution in [2.24, 2.45) is 5.73 Å². The van der Waals surface area contributed by atoms with Crippen molar-refractivity contribution in [3.8, 4) is 17.1 Å². The Balaban J connectivity index is 2.19. The summed E-state index contributed by atoms with van der Waals surface area (Å²) >= 11 is 0. The lowest BCUT2D eigenvalue weighted by Crippen LogP contribution is -2.08. The Morgan fingerprint density at radius 2 is 2.24 bits per heavy atom. The third kappa shape index (κ3) is 2.23. The van der Waals surface area contributed by atoms with Crippen LogP contribution < -0.4 is 10.5 Å². The van der Waals surface area contributed by atoms with Crippen LogP contribution in [0.25, 0.3) is 11.4 Å². The SMILES string of the molecule is COc1c(-c2nnc(CN)n2C2CC2)cccc1[N+](=O)[O-]. The minimum absolute atomic E-state index is 0.0883. The number of nitro groups is 1. The van der Waals surface area contributed by atoms with E-state index in [9.17, 15) is 10.1 Å². The zero-order valence-corrected chi connectivity index (χ0v) is 11.5. The standard InChI is InChI=1S/C13H15N5O3/c1-21-12-9(3-2-4-10(12)18(19)20)13-16-15-11(7-14)17(13)8-5-6-8/h2-4,8H,5-7,14H2,1H3. The van der Waals surface area contributed by atoms with Gasteiger partial charge in [-0.05, 0) is 18.9 Å². The molecule has 0 spiro atoms. The molecule has 0 radical (unpaired) electrons. The Bertz CT molecular complexity index is 693. The zero-order chi connectivity index (χ0) is 15.0. The van der Waals surface area contributed by atoms with E-state index in [4.69, 9.17) is 10.5 Å². The van der Waals surface area contributed by atoms with Crippen LogP contribution in [0.4, 0.5) is 5.69 Å². The second-order valence-electron chi connectivity index (χ2n) is 4.86. The van der Waals surface area contributed by atoms with E-state index in [2.05, 4.69) is 10.2 Å². The van der Waals surface area contributed by atoms with Crippen LogP contribution in [0, 0.1) is 10.1 Å². The number of rotatable bonds is 5. The van der Waals surface area contributed by atoms with Gasteiger partial charge in [-0.2, -0.15) is 0 Å².